The van der Waals surface area contributed by atoms with E-state index in [1.165, 1.54) is 24.0 Å². The van der Waals surface area contributed by atoms with E-state index in [0.29, 0.717) is 11.1 Å². The second-order valence-corrected chi connectivity index (χ2v) is 7.17. The molecule has 2 aromatic rings. The first-order valence-corrected chi connectivity index (χ1v) is 8.79. The van der Waals surface area contributed by atoms with Gasteiger partial charge in [-0.15, -0.1) is 0 Å². The summed E-state index contributed by atoms with van der Waals surface area (Å²) < 4.78 is 1.14. The van der Waals surface area contributed by atoms with Crippen molar-refractivity contribution in [2.45, 2.75) is 24.9 Å². The Morgan fingerprint density at radius 2 is 2.18 bits per heavy atom. The highest BCUT2D eigenvalue weighted by Gasteiger charge is 2.11. The summed E-state index contributed by atoms with van der Waals surface area (Å²) >= 11 is 3.46. The van der Waals surface area contributed by atoms with E-state index in [0.717, 1.165) is 14.8 Å². The fourth-order valence-electron chi connectivity index (χ4n) is 1.87. The van der Waals surface area contributed by atoms with Crippen molar-refractivity contribution in [1.29, 1.82) is 0 Å². The number of amides is 1. The summed E-state index contributed by atoms with van der Waals surface area (Å²) in [5.74, 6) is 0.389. The third-order valence-corrected chi connectivity index (χ3v) is 4.46. The van der Waals surface area contributed by atoms with Crippen LogP contribution in [-0.2, 0) is 4.79 Å². The van der Waals surface area contributed by atoms with Crippen molar-refractivity contribution in [2.24, 2.45) is 0 Å². The number of nitrogens with one attached hydrogen (secondary N) is 2. The molecule has 1 heterocycles. The lowest BCUT2D eigenvalue weighted by Gasteiger charge is -2.14. The lowest BCUT2D eigenvalue weighted by atomic mass is 10.0. The molecule has 0 fully saturated rings. The van der Waals surface area contributed by atoms with E-state index in [-0.39, 0.29) is 17.2 Å². The van der Waals surface area contributed by atoms with Crippen LogP contribution in [0.25, 0.3) is 0 Å². The lowest BCUT2D eigenvalue weighted by Crippen LogP contribution is -2.16. The monoisotopic (exact) mass is 429 g/mol. The molecule has 116 valence electrons. The van der Waals surface area contributed by atoms with E-state index in [1.54, 1.807) is 0 Å². The summed E-state index contributed by atoms with van der Waals surface area (Å²) in [4.78, 5) is 29.8. The highest BCUT2D eigenvalue weighted by molar-refractivity contribution is 14.1. The van der Waals surface area contributed by atoms with Gasteiger partial charge in [0.2, 0.25) is 5.91 Å². The first-order chi connectivity index (χ1) is 10.5. The predicted octanol–water partition coefficient (Wildman–Crippen LogP) is 3.23. The van der Waals surface area contributed by atoms with Crippen molar-refractivity contribution in [2.75, 3.05) is 11.1 Å². The van der Waals surface area contributed by atoms with Gasteiger partial charge >= 0.3 is 0 Å². The first kappa shape index (κ1) is 17.0. The average molecular weight is 429 g/mol. The van der Waals surface area contributed by atoms with Gasteiger partial charge in [-0.05, 0) is 52.3 Å². The van der Waals surface area contributed by atoms with Crippen LogP contribution >= 0.6 is 34.4 Å². The Labute approximate surface area is 146 Å². The molecule has 7 heteroatoms. The van der Waals surface area contributed by atoms with Crippen LogP contribution in [0.4, 0.5) is 5.69 Å². The van der Waals surface area contributed by atoms with Crippen LogP contribution < -0.4 is 10.9 Å². The number of benzene rings is 1. The van der Waals surface area contributed by atoms with Crippen LogP contribution in [0.3, 0.4) is 0 Å². The van der Waals surface area contributed by atoms with Crippen LogP contribution in [0.1, 0.15) is 25.3 Å². The van der Waals surface area contributed by atoms with E-state index >= 15 is 0 Å². The van der Waals surface area contributed by atoms with Gasteiger partial charge in [0.1, 0.15) is 0 Å². The van der Waals surface area contributed by atoms with Gasteiger partial charge in [-0.2, -0.15) is 0 Å². The minimum atomic E-state index is -0.224. The zero-order chi connectivity index (χ0) is 16.1. The minimum Gasteiger partial charge on any atom is -0.325 e. The summed E-state index contributed by atoms with van der Waals surface area (Å²) in [5.41, 5.74) is 1.71. The molecule has 0 aliphatic heterocycles. The number of rotatable bonds is 5. The van der Waals surface area contributed by atoms with Crippen LogP contribution in [-0.4, -0.2) is 21.6 Å². The maximum absolute atomic E-state index is 12.1. The fourth-order valence-corrected chi connectivity index (χ4v) is 3.03. The lowest BCUT2D eigenvalue weighted by molar-refractivity contribution is -0.113. The van der Waals surface area contributed by atoms with Crippen molar-refractivity contribution in [3.05, 3.63) is 49.9 Å². The molecule has 0 bridgehead atoms. The van der Waals surface area contributed by atoms with Gasteiger partial charge in [0.15, 0.2) is 5.16 Å². The topological polar surface area (TPSA) is 74.8 Å². The number of aromatic nitrogens is 2. The minimum absolute atomic E-state index is 0.125. The molecule has 0 radical (unpaired) electrons. The second kappa shape index (κ2) is 7.77. The van der Waals surface area contributed by atoms with Crippen LogP contribution in [0.2, 0.25) is 0 Å². The zero-order valence-electron chi connectivity index (χ0n) is 12.2. The largest absolute Gasteiger partial charge is 0.325 e. The standard InChI is InChI=1S/C15H16IN3O2S/c1-9(2)11-7-10(16)3-4-12(11)18-14(21)8-22-15-17-6-5-13(20)19-15/h3-7,9H,8H2,1-2H3,(H,18,21)(H,17,19,20). The Morgan fingerprint density at radius 1 is 1.41 bits per heavy atom. The van der Waals surface area contributed by atoms with Gasteiger partial charge in [-0.3, -0.25) is 9.59 Å². The van der Waals surface area contributed by atoms with Gasteiger partial charge in [0, 0.05) is 21.5 Å². The molecule has 22 heavy (non-hydrogen) atoms. The fraction of sp³-hybridized carbons (Fsp3) is 0.267. The van der Waals surface area contributed by atoms with Crippen LogP contribution in [0.15, 0.2) is 40.4 Å². The van der Waals surface area contributed by atoms with Crippen molar-refractivity contribution in [1.82, 2.24) is 9.97 Å². The number of anilines is 1. The number of H-pyrrole nitrogens is 1. The highest BCUT2D eigenvalue weighted by Crippen LogP contribution is 2.26. The molecular weight excluding hydrogens is 413 g/mol. The molecule has 0 atom stereocenters. The Kier molecular flexibility index (Phi) is 6.01. The molecule has 0 aliphatic rings. The molecule has 0 saturated carbocycles. The van der Waals surface area contributed by atoms with E-state index in [1.807, 2.05) is 12.1 Å². The number of hydrogen-bond acceptors (Lipinski definition) is 4. The molecule has 0 saturated heterocycles. The number of carbonyl (C=O) groups excluding carboxylic acids is 1. The molecule has 1 aromatic heterocycles. The van der Waals surface area contributed by atoms with E-state index < -0.39 is 0 Å². The quantitative estimate of drug-likeness (QED) is 0.435. The summed E-state index contributed by atoms with van der Waals surface area (Å²) in [6, 6.07) is 7.29. The Morgan fingerprint density at radius 3 is 2.86 bits per heavy atom. The summed E-state index contributed by atoms with van der Waals surface area (Å²) in [7, 11) is 0. The maximum atomic E-state index is 12.1. The van der Waals surface area contributed by atoms with Crippen molar-refractivity contribution in [3.63, 3.8) is 0 Å². The predicted molar refractivity (Wildman–Crippen MR) is 97.5 cm³/mol. The Bertz CT molecular complexity index is 731. The number of nitrogens with zero attached hydrogens (tertiary/aromatic N) is 1. The van der Waals surface area contributed by atoms with Crippen molar-refractivity contribution in [3.8, 4) is 0 Å². The van der Waals surface area contributed by atoms with Gasteiger partial charge in [0.25, 0.3) is 5.56 Å². The van der Waals surface area contributed by atoms with Crippen molar-refractivity contribution < 1.29 is 4.79 Å². The van der Waals surface area contributed by atoms with Crippen LogP contribution in [0, 0.1) is 3.57 Å². The van der Waals surface area contributed by atoms with Crippen LogP contribution in [0.5, 0.6) is 0 Å². The Balaban J connectivity index is 2.02. The smallest absolute Gasteiger partial charge is 0.251 e. The molecule has 2 rings (SSSR count). The molecule has 0 spiro atoms. The normalized spacial score (nSPS) is 10.7. The van der Waals surface area contributed by atoms with E-state index in [2.05, 4.69) is 57.8 Å². The summed E-state index contributed by atoms with van der Waals surface area (Å²) in [5, 5.41) is 3.36. The number of hydrogen-bond donors (Lipinski definition) is 2. The van der Waals surface area contributed by atoms with Gasteiger partial charge in [-0.25, -0.2) is 4.98 Å². The zero-order valence-corrected chi connectivity index (χ0v) is 15.2. The van der Waals surface area contributed by atoms with Crippen molar-refractivity contribution >= 4 is 45.9 Å². The van der Waals surface area contributed by atoms with Gasteiger partial charge < -0.3 is 10.3 Å². The SMILES string of the molecule is CC(C)c1cc(I)ccc1NC(=O)CSc1nccc(=O)[nH]1. The number of aromatic amines is 1. The molecule has 1 amide bonds. The van der Waals surface area contributed by atoms with Gasteiger partial charge in [-0.1, -0.05) is 25.6 Å². The second-order valence-electron chi connectivity index (χ2n) is 4.96. The highest BCUT2D eigenvalue weighted by atomic mass is 127. The molecule has 1 aromatic carbocycles. The molecular formula is C15H16IN3O2S. The first-order valence-electron chi connectivity index (χ1n) is 6.73. The molecule has 2 N–H and O–H groups in total. The summed E-state index contributed by atoms with van der Waals surface area (Å²) in [6.07, 6.45) is 1.43. The van der Waals surface area contributed by atoms with E-state index in [9.17, 15) is 9.59 Å². The molecule has 0 unspecified atom stereocenters. The Hall–Kier alpha value is -1.35. The number of halogens is 1. The van der Waals surface area contributed by atoms with E-state index in [4.69, 9.17) is 0 Å². The molecule has 0 aliphatic carbocycles. The molecule has 5 nitrogen and oxygen atoms in total. The maximum Gasteiger partial charge on any atom is 0.251 e. The number of thioether (sulfide) groups is 1. The van der Waals surface area contributed by atoms with Gasteiger partial charge in [0.05, 0.1) is 5.75 Å². The average Bonchev–Trinajstić information content (AvgIpc) is 2.47. The third-order valence-electron chi connectivity index (χ3n) is 2.90. The third kappa shape index (κ3) is 4.84. The number of carbonyl (C=O) groups is 1. The summed E-state index contributed by atoms with van der Waals surface area (Å²) in [6.45, 7) is 4.18.